The minimum absolute atomic E-state index is 0.216. The maximum atomic E-state index is 13.1. The van der Waals surface area contributed by atoms with E-state index in [0.29, 0.717) is 24.3 Å². The van der Waals surface area contributed by atoms with Crippen LogP contribution >= 0.6 is 0 Å². The summed E-state index contributed by atoms with van der Waals surface area (Å²) in [6, 6.07) is 11.2. The Morgan fingerprint density at radius 1 is 1.04 bits per heavy atom. The smallest absolute Gasteiger partial charge is 0.260 e. The van der Waals surface area contributed by atoms with Gasteiger partial charge in [-0.05, 0) is 42.3 Å². The number of rotatable bonds is 4. The van der Waals surface area contributed by atoms with Crippen molar-refractivity contribution in [2.75, 3.05) is 35.3 Å². The summed E-state index contributed by atoms with van der Waals surface area (Å²) < 4.78 is 48.4. The zero-order valence-corrected chi connectivity index (χ0v) is 16.8. The average Bonchev–Trinajstić information content (AvgIpc) is 3.02. The fourth-order valence-electron chi connectivity index (χ4n) is 3.07. The molecule has 0 unspecified atom stereocenters. The predicted octanol–water partition coefficient (Wildman–Crippen LogP) is 1.69. The maximum Gasteiger partial charge on any atom is 0.260 e. The van der Waals surface area contributed by atoms with E-state index in [1.807, 2.05) is 0 Å². The summed E-state index contributed by atoms with van der Waals surface area (Å²) in [5.74, 6) is -0.327. The molecule has 0 atom stereocenters. The number of amides is 1. The van der Waals surface area contributed by atoms with E-state index in [0.717, 1.165) is 22.4 Å². The van der Waals surface area contributed by atoms with Gasteiger partial charge in [0, 0.05) is 25.5 Å². The van der Waals surface area contributed by atoms with Crippen LogP contribution < -0.4 is 9.21 Å². The predicted molar refractivity (Wildman–Crippen MR) is 105 cm³/mol. The molecular weight excluding hydrogens is 388 g/mol. The molecule has 144 valence electrons. The van der Waals surface area contributed by atoms with Crippen LogP contribution in [0.4, 0.5) is 11.4 Å². The van der Waals surface area contributed by atoms with Gasteiger partial charge in [0.15, 0.2) is 9.84 Å². The summed E-state index contributed by atoms with van der Waals surface area (Å²) in [5.41, 5.74) is 1.99. The van der Waals surface area contributed by atoms with E-state index >= 15 is 0 Å². The van der Waals surface area contributed by atoms with Gasteiger partial charge in [0.2, 0.25) is 10.0 Å². The Bertz CT molecular complexity index is 1120. The quantitative estimate of drug-likeness (QED) is 0.768. The third-order valence-electron chi connectivity index (χ3n) is 4.59. The van der Waals surface area contributed by atoms with E-state index in [4.69, 9.17) is 0 Å². The van der Waals surface area contributed by atoms with E-state index in [9.17, 15) is 21.6 Å². The van der Waals surface area contributed by atoms with Crippen LogP contribution in [0.1, 0.15) is 15.9 Å². The van der Waals surface area contributed by atoms with Crippen LogP contribution in [-0.2, 0) is 26.3 Å². The van der Waals surface area contributed by atoms with Gasteiger partial charge in [-0.25, -0.2) is 16.8 Å². The second kappa shape index (κ2) is 6.65. The van der Waals surface area contributed by atoms with E-state index in [1.165, 1.54) is 13.1 Å². The molecule has 1 aliphatic heterocycles. The number of nitrogens with zero attached hydrogens (tertiary/aromatic N) is 2. The Morgan fingerprint density at radius 2 is 1.70 bits per heavy atom. The summed E-state index contributed by atoms with van der Waals surface area (Å²) in [4.78, 5) is 14.9. The van der Waals surface area contributed by atoms with Crippen molar-refractivity contribution < 1.29 is 21.6 Å². The molecule has 2 aromatic carbocycles. The molecule has 9 heteroatoms. The number of hydrogen-bond acceptors (Lipinski definition) is 5. The van der Waals surface area contributed by atoms with Crippen LogP contribution in [0.25, 0.3) is 0 Å². The zero-order chi connectivity index (χ0) is 20.0. The number of anilines is 2. The van der Waals surface area contributed by atoms with E-state index in [-0.39, 0.29) is 16.4 Å². The van der Waals surface area contributed by atoms with E-state index < -0.39 is 19.9 Å². The van der Waals surface area contributed by atoms with Gasteiger partial charge in [-0.3, -0.25) is 9.10 Å². The number of carbonyl (C=O) groups is 1. The van der Waals surface area contributed by atoms with Crippen LogP contribution in [0.3, 0.4) is 0 Å². The summed E-state index contributed by atoms with van der Waals surface area (Å²) in [6.07, 6.45) is 2.75. The number of sulfonamides is 1. The average molecular weight is 409 g/mol. The molecule has 2 aromatic rings. The van der Waals surface area contributed by atoms with Crippen LogP contribution in [0, 0.1) is 0 Å². The highest BCUT2D eigenvalue weighted by Gasteiger charge is 2.29. The van der Waals surface area contributed by atoms with Crippen LogP contribution in [-0.4, -0.2) is 48.8 Å². The monoisotopic (exact) mass is 408 g/mol. The molecule has 0 saturated heterocycles. The summed E-state index contributed by atoms with van der Waals surface area (Å²) in [7, 11) is -5.45. The standard InChI is InChI=1S/C18H20N2O5S2/c1-19(27(3,24)25)17-7-5-4-6-15(17)18(21)20-11-10-13-12-14(26(2,22)23)8-9-16(13)20/h4-9,12H,10-11H2,1-3H3. The molecule has 3 rings (SSSR count). The van der Waals surface area contributed by atoms with Gasteiger partial charge in [0.25, 0.3) is 5.91 Å². The van der Waals surface area contributed by atoms with Crippen molar-refractivity contribution in [3.8, 4) is 0 Å². The van der Waals surface area contributed by atoms with Crippen molar-refractivity contribution in [3.63, 3.8) is 0 Å². The Morgan fingerprint density at radius 3 is 2.33 bits per heavy atom. The molecule has 1 heterocycles. The number of benzene rings is 2. The summed E-state index contributed by atoms with van der Waals surface area (Å²) in [5, 5.41) is 0. The van der Waals surface area contributed by atoms with E-state index in [1.54, 1.807) is 41.3 Å². The van der Waals surface area contributed by atoms with Gasteiger partial charge < -0.3 is 4.90 Å². The first-order valence-corrected chi connectivity index (χ1v) is 11.9. The molecule has 27 heavy (non-hydrogen) atoms. The van der Waals surface area contributed by atoms with Crippen LogP contribution in [0.2, 0.25) is 0 Å². The molecule has 1 amide bonds. The van der Waals surface area contributed by atoms with Gasteiger partial charge in [-0.1, -0.05) is 12.1 Å². The topological polar surface area (TPSA) is 91.8 Å². The summed E-state index contributed by atoms with van der Waals surface area (Å²) in [6.45, 7) is 0.401. The molecule has 0 fully saturated rings. The molecule has 7 nitrogen and oxygen atoms in total. The SMILES string of the molecule is CN(c1ccccc1C(=O)N1CCc2cc(S(C)(=O)=O)ccc21)S(C)(=O)=O. The molecule has 0 bridgehead atoms. The third kappa shape index (κ3) is 3.70. The molecular formula is C18H20N2O5S2. The normalized spacial score (nSPS) is 14.1. The first-order chi connectivity index (χ1) is 12.5. The fourth-order valence-corrected chi connectivity index (χ4v) is 4.26. The highest BCUT2D eigenvalue weighted by molar-refractivity contribution is 7.92. The Kier molecular flexibility index (Phi) is 4.77. The number of para-hydroxylation sites is 1. The molecule has 0 aromatic heterocycles. The van der Waals surface area contributed by atoms with Gasteiger partial charge in [0.1, 0.15) is 0 Å². The molecule has 0 N–H and O–H groups in total. The van der Waals surface area contributed by atoms with Crippen molar-refractivity contribution in [3.05, 3.63) is 53.6 Å². The molecule has 0 spiro atoms. The minimum Gasteiger partial charge on any atom is -0.308 e. The lowest BCUT2D eigenvalue weighted by Gasteiger charge is -2.23. The number of hydrogen-bond donors (Lipinski definition) is 0. The maximum absolute atomic E-state index is 13.1. The first kappa shape index (κ1) is 19.4. The molecule has 1 aliphatic rings. The largest absolute Gasteiger partial charge is 0.308 e. The van der Waals surface area contributed by atoms with Gasteiger partial charge in [0.05, 0.1) is 22.4 Å². The third-order valence-corrected chi connectivity index (χ3v) is 6.89. The highest BCUT2D eigenvalue weighted by atomic mass is 32.2. The lowest BCUT2D eigenvalue weighted by molar-refractivity contribution is 0.0990. The Hall–Kier alpha value is -2.39. The lowest BCUT2D eigenvalue weighted by Crippen LogP contribution is -2.32. The van der Waals surface area contributed by atoms with Crippen molar-refractivity contribution >= 4 is 37.1 Å². The molecule has 0 radical (unpaired) electrons. The van der Waals surface area contributed by atoms with Crippen LogP contribution in [0.5, 0.6) is 0 Å². The van der Waals surface area contributed by atoms with Gasteiger partial charge in [-0.15, -0.1) is 0 Å². The van der Waals surface area contributed by atoms with Crippen molar-refractivity contribution in [1.82, 2.24) is 0 Å². The second-order valence-electron chi connectivity index (χ2n) is 6.52. The second-order valence-corrected chi connectivity index (χ2v) is 10.5. The van der Waals surface area contributed by atoms with Crippen LogP contribution in [0.15, 0.2) is 47.4 Å². The van der Waals surface area contributed by atoms with Gasteiger partial charge >= 0.3 is 0 Å². The Labute approximate surface area is 159 Å². The van der Waals surface area contributed by atoms with Crippen molar-refractivity contribution in [2.45, 2.75) is 11.3 Å². The Balaban J connectivity index is 2.01. The van der Waals surface area contributed by atoms with Crippen molar-refractivity contribution in [2.24, 2.45) is 0 Å². The zero-order valence-electron chi connectivity index (χ0n) is 15.2. The molecule has 0 aliphatic carbocycles. The number of sulfone groups is 1. The minimum atomic E-state index is -3.52. The summed E-state index contributed by atoms with van der Waals surface area (Å²) >= 11 is 0. The lowest BCUT2D eigenvalue weighted by atomic mass is 10.1. The molecule has 0 saturated carbocycles. The van der Waals surface area contributed by atoms with Gasteiger partial charge in [-0.2, -0.15) is 0 Å². The fraction of sp³-hybridized carbons (Fsp3) is 0.278. The van der Waals surface area contributed by atoms with Crippen molar-refractivity contribution in [1.29, 1.82) is 0 Å². The number of carbonyl (C=O) groups excluding carboxylic acids is 1. The first-order valence-electron chi connectivity index (χ1n) is 8.18. The number of fused-ring (bicyclic) bond motifs is 1. The highest BCUT2D eigenvalue weighted by Crippen LogP contribution is 2.33. The van der Waals surface area contributed by atoms with E-state index in [2.05, 4.69) is 0 Å².